The maximum Gasteiger partial charge on any atom is 0.229 e. The van der Waals surface area contributed by atoms with Crippen LogP contribution >= 0.6 is 11.6 Å². The molecular formula is C22H23ClN2O4S. The highest BCUT2D eigenvalue weighted by Crippen LogP contribution is 2.50. The molecule has 1 aliphatic heterocycles. The summed E-state index contributed by atoms with van der Waals surface area (Å²) in [6, 6.07) is 6.58. The molecule has 2 aromatic rings. The Hall–Kier alpha value is -2.38. The van der Waals surface area contributed by atoms with Crippen LogP contribution in [-0.2, 0) is 19.4 Å². The number of amides is 1. The number of carbonyl (C=O) groups is 1. The molecular weight excluding hydrogens is 424 g/mol. The molecule has 30 heavy (non-hydrogen) atoms. The van der Waals surface area contributed by atoms with E-state index in [0.717, 1.165) is 18.4 Å². The normalized spacial score (nSPS) is 19.4. The lowest BCUT2D eigenvalue weighted by Gasteiger charge is -2.33. The molecule has 2 aliphatic rings. The van der Waals surface area contributed by atoms with Crippen molar-refractivity contribution in [3.8, 4) is 0 Å². The third kappa shape index (κ3) is 2.87. The molecule has 1 aromatic carbocycles. The summed E-state index contributed by atoms with van der Waals surface area (Å²) in [4.78, 5) is 18.1. The molecule has 1 aliphatic carbocycles. The number of fused-ring (bicyclic) bond motifs is 1. The van der Waals surface area contributed by atoms with E-state index in [-0.39, 0.29) is 33.0 Å². The third-order valence-corrected chi connectivity index (χ3v) is 8.89. The predicted octanol–water partition coefficient (Wildman–Crippen LogP) is 4.46. The summed E-state index contributed by atoms with van der Waals surface area (Å²) >= 11 is 6.70. The summed E-state index contributed by atoms with van der Waals surface area (Å²) in [6.07, 6.45) is 3.19. The number of hydrogen-bond donors (Lipinski definition) is 1. The van der Waals surface area contributed by atoms with Crippen LogP contribution in [0.4, 0.5) is 5.69 Å². The number of hydrogen-bond acceptors (Lipinski definition) is 5. The third-order valence-electron chi connectivity index (χ3n) is 5.99. The minimum Gasteiger partial charge on any atom is -0.504 e. The highest BCUT2D eigenvalue weighted by molar-refractivity contribution is 8.01. The van der Waals surface area contributed by atoms with Gasteiger partial charge >= 0.3 is 0 Å². The molecule has 2 heterocycles. The van der Waals surface area contributed by atoms with Gasteiger partial charge < -0.3 is 10.0 Å². The Labute approximate surface area is 181 Å². The number of aliphatic hydroxyl groups is 1. The second-order valence-electron chi connectivity index (χ2n) is 8.36. The van der Waals surface area contributed by atoms with Crippen molar-refractivity contribution in [2.24, 2.45) is 5.92 Å². The maximum atomic E-state index is 13.6. The first-order valence-electron chi connectivity index (χ1n) is 9.71. The molecule has 1 saturated carbocycles. The van der Waals surface area contributed by atoms with E-state index in [1.807, 2.05) is 6.92 Å². The van der Waals surface area contributed by atoms with Crippen LogP contribution in [0.5, 0.6) is 0 Å². The van der Waals surface area contributed by atoms with Crippen LogP contribution in [0.3, 0.4) is 0 Å². The number of aliphatic hydroxyl groups excluding tert-OH is 1. The van der Waals surface area contributed by atoms with Crippen LogP contribution < -0.4 is 4.90 Å². The van der Waals surface area contributed by atoms with Gasteiger partial charge in [0.1, 0.15) is 10.6 Å². The Morgan fingerprint density at radius 1 is 1.27 bits per heavy atom. The average molecular weight is 447 g/mol. The topological polar surface area (TPSA) is 87.6 Å². The standard InChI is InChI=1S/C22H23ClN2O4S/c1-12-7-10-14(16(23)18(12)25(4)21(27)13-8-9-13)20-19(26)17-15(6-5-11-24-17)22(2,3)30(20,28)29/h5-7,10-11,13,26H,8-9H2,1-4H3. The maximum absolute atomic E-state index is 13.6. The lowest BCUT2D eigenvalue weighted by molar-refractivity contribution is -0.119. The summed E-state index contributed by atoms with van der Waals surface area (Å²) in [7, 11) is -2.38. The number of rotatable bonds is 3. The van der Waals surface area contributed by atoms with Crippen molar-refractivity contribution in [1.29, 1.82) is 0 Å². The largest absolute Gasteiger partial charge is 0.504 e. The van der Waals surface area contributed by atoms with Crippen LogP contribution in [0.15, 0.2) is 30.5 Å². The number of pyridine rings is 1. The van der Waals surface area contributed by atoms with Gasteiger partial charge in [-0.3, -0.25) is 9.78 Å². The molecule has 0 unspecified atom stereocenters. The first-order valence-corrected chi connectivity index (χ1v) is 11.6. The van der Waals surface area contributed by atoms with E-state index in [4.69, 9.17) is 11.6 Å². The van der Waals surface area contributed by atoms with E-state index >= 15 is 0 Å². The van der Waals surface area contributed by atoms with Gasteiger partial charge in [-0.05, 0) is 45.2 Å². The molecule has 0 saturated heterocycles. The van der Waals surface area contributed by atoms with Gasteiger partial charge in [0.05, 0.1) is 15.5 Å². The Bertz CT molecular complexity index is 1210. The van der Waals surface area contributed by atoms with Crippen LogP contribution in [0, 0.1) is 12.8 Å². The highest BCUT2D eigenvalue weighted by Gasteiger charge is 2.48. The molecule has 1 N–H and O–H groups in total. The van der Waals surface area contributed by atoms with Crippen LogP contribution in [0.2, 0.25) is 5.02 Å². The summed E-state index contributed by atoms with van der Waals surface area (Å²) in [5, 5.41) is 11.1. The summed E-state index contributed by atoms with van der Waals surface area (Å²) in [6.45, 7) is 4.98. The number of carbonyl (C=O) groups excluding carboxylic acids is 1. The Balaban J connectivity index is 1.98. The van der Waals surface area contributed by atoms with Gasteiger partial charge in [-0.1, -0.05) is 29.8 Å². The second kappa shape index (κ2) is 6.82. The van der Waals surface area contributed by atoms with Gasteiger partial charge in [0.15, 0.2) is 15.6 Å². The van der Waals surface area contributed by atoms with Crippen LogP contribution in [0.1, 0.15) is 49.1 Å². The molecule has 0 bridgehead atoms. The molecule has 0 radical (unpaired) electrons. The first-order chi connectivity index (χ1) is 14.0. The number of benzene rings is 1. The fourth-order valence-electron chi connectivity index (χ4n) is 3.95. The molecule has 0 atom stereocenters. The van der Waals surface area contributed by atoms with Crippen LogP contribution in [0.25, 0.3) is 10.7 Å². The predicted molar refractivity (Wildman–Crippen MR) is 118 cm³/mol. The van der Waals surface area contributed by atoms with E-state index in [9.17, 15) is 18.3 Å². The Morgan fingerprint density at radius 3 is 2.57 bits per heavy atom. The molecule has 1 fully saturated rings. The SMILES string of the molecule is Cc1ccc(C2=C(O)c3ncccc3C(C)(C)S2(=O)=O)c(Cl)c1N(C)C(=O)C1CC1. The van der Waals surface area contributed by atoms with E-state index in [0.29, 0.717) is 11.3 Å². The van der Waals surface area contributed by atoms with Gasteiger partial charge in [0.25, 0.3) is 0 Å². The first kappa shape index (κ1) is 20.9. The minimum absolute atomic E-state index is 0.0184. The summed E-state index contributed by atoms with van der Waals surface area (Å²) in [5.41, 5.74) is 2.00. The zero-order chi connectivity index (χ0) is 22.0. The zero-order valence-corrected chi connectivity index (χ0v) is 18.8. The van der Waals surface area contributed by atoms with Crippen molar-refractivity contribution in [2.75, 3.05) is 11.9 Å². The Kier molecular flexibility index (Phi) is 4.74. The van der Waals surface area contributed by atoms with E-state index in [1.54, 1.807) is 45.2 Å². The number of nitrogens with zero attached hydrogens (tertiary/aromatic N) is 2. The van der Waals surface area contributed by atoms with E-state index in [1.165, 1.54) is 11.1 Å². The number of aryl methyl sites for hydroxylation is 1. The second-order valence-corrected chi connectivity index (χ2v) is 11.2. The minimum atomic E-state index is -4.02. The molecule has 1 aromatic heterocycles. The molecule has 158 valence electrons. The van der Waals surface area contributed by atoms with Gasteiger partial charge in [0, 0.05) is 30.3 Å². The monoisotopic (exact) mass is 446 g/mol. The number of anilines is 1. The smallest absolute Gasteiger partial charge is 0.229 e. The van der Waals surface area contributed by atoms with Crippen molar-refractivity contribution >= 4 is 43.7 Å². The summed E-state index contributed by atoms with van der Waals surface area (Å²) < 4.78 is 25.9. The fraction of sp³-hybridized carbons (Fsp3) is 0.364. The van der Waals surface area contributed by atoms with Crippen molar-refractivity contribution in [1.82, 2.24) is 4.98 Å². The lowest BCUT2D eigenvalue weighted by Crippen LogP contribution is -2.35. The van der Waals surface area contributed by atoms with Crippen molar-refractivity contribution in [3.63, 3.8) is 0 Å². The number of sulfone groups is 1. The fourth-order valence-corrected chi connectivity index (χ4v) is 6.21. The molecule has 1 amide bonds. The van der Waals surface area contributed by atoms with Gasteiger partial charge in [-0.15, -0.1) is 0 Å². The van der Waals surface area contributed by atoms with Crippen molar-refractivity contribution in [3.05, 3.63) is 57.9 Å². The average Bonchev–Trinajstić information content (AvgIpc) is 3.53. The lowest BCUT2D eigenvalue weighted by atomic mass is 9.97. The van der Waals surface area contributed by atoms with Crippen molar-refractivity contribution in [2.45, 2.75) is 38.4 Å². The number of aromatic nitrogens is 1. The molecule has 0 spiro atoms. The van der Waals surface area contributed by atoms with Gasteiger partial charge in [-0.2, -0.15) is 0 Å². The van der Waals surface area contributed by atoms with E-state index in [2.05, 4.69) is 4.98 Å². The number of halogens is 1. The van der Waals surface area contributed by atoms with E-state index < -0.39 is 20.3 Å². The molecule has 6 nitrogen and oxygen atoms in total. The quantitative estimate of drug-likeness (QED) is 0.751. The summed E-state index contributed by atoms with van der Waals surface area (Å²) in [5.74, 6) is -0.498. The highest BCUT2D eigenvalue weighted by atomic mass is 35.5. The molecule has 4 rings (SSSR count). The van der Waals surface area contributed by atoms with Crippen LogP contribution in [-0.4, -0.2) is 31.5 Å². The van der Waals surface area contributed by atoms with Gasteiger partial charge in [0.2, 0.25) is 5.91 Å². The molecule has 8 heteroatoms. The van der Waals surface area contributed by atoms with Gasteiger partial charge in [-0.25, -0.2) is 8.42 Å². The zero-order valence-electron chi connectivity index (χ0n) is 17.2. The Morgan fingerprint density at radius 2 is 1.93 bits per heavy atom. The van der Waals surface area contributed by atoms with Crippen molar-refractivity contribution < 1.29 is 18.3 Å².